The standard InChI is InChI=1S/C14H21O6.C5H5.Fe/c1-2-14(9-5-3-4-6-9)19-12(10(17)7-15)13(20-14)11(18)8-16;1-2-4-5-3-1;/h3-6,10-13,15-18H,2,7-8H2,1H3;1-5H;/q;;+2/t10-,11-,12-,13-;;/m1../s1. The Labute approximate surface area is 167 Å². The molecule has 0 aromatic heterocycles. The molecule has 0 amide bonds. The van der Waals surface area contributed by atoms with Crippen molar-refractivity contribution < 1.29 is 47.0 Å². The van der Waals surface area contributed by atoms with Crippen LogP contribution in [0.2, 0.25) is 0 Å². The van der Waals surface area contributed by atoms with E-state index in [2.05, 4.69) is 0 Å². The molecule has 1 heterocycles. The predicted octanol–water partition coefficient (Wildman–Crippen LogP) is 0.00730. The third-order valence-corrected chi connectivity index (χ3v) is 4.23. The Hall–Kier alpha value is 0.279. The maximum Gasteiger partial charge on any atom is 2.00 e. The van der Waals surface area contributed by atoms with Gasteiger partial charge in [-0.05, 0) is 64.2 Å². The molecule has 26 heavy (non-hydrogen) atoms. The fourth-order valence-electron chi connectivity index (χ4n) is 2.86. The molecular formula is C19H26FeO6+2. The van der Waals surface area contributed by atoms with Crippen LogP contribution in [0.1, 0.15) is 13.3 Å². The van der Waals surface area contributed by atoms with Gasteiger partial charge in [0.2, 0.25) is 0 Å². The molecule has 0 aromatic carbocycles. The summed E-state index contributed by atoms with van der Waals surface area (Å²) in [5.74, 6) is -0.298. The minimum absolute atomic E-state index is 0. The monoisotopic (exact) mass is 406 g/mol. The van der Waals surface area contributed by atoms with Crippen LogP contribution in [0.5, 0.6) is 0 Å². The van der Waals surface area contributed by atoms with Crippen LogP contribution in [-0.2, 0) is 26.5 Å². The second-order valence-electron chi connectivity index (χ2n) is 5.91. The van der Waals surface area contributed by atoms with E-state index in [1.807, 2.05) is 64.7 Å². The van der Waals surface area contributed by atoms with E-state index in [1.165, 1.54) is 0 Å². The molecule has 1 aliphatic heterocycles. The van der Waals surface area contributed by atoms with Crippen molar-refractivity contribution in [2.24, 2.45) is 0 Å². The summed E-state index contributed by atoms with van der Waals surface area (Å²) in [5.41, 5.74) is 0. The van der Waals surface area contributed by atoms with E-state index in [0.29, 0.717) is 6.42 Å². The average molecular weight is 406 g/mol. The number of hydrogen-bond donors (Lipinski definition) is 4. The van der Waals surface area contributed by atoms with E-state index in [9.17, 15) is 10.2 Å². The van der Waals surface area contributed by atoms with Crippen LogP contribution in [0.15, 0.2) is 0 Å². The van der Waals surface area contributed by atoms with Crippen LogP contribution < -0.4 is 0 Å². The minimum atomic E-state index is -1.19. The van der Waals surface area contributed by atoms with Crippen molar-refractivity contribution in [1.82, 2.24) is 0 Å². The summed E-state index contributed by atoms with van der Waals surface area (Å²) in [6.45, 7) is 0.843. The zero-order valence-electron chi connectivity index (χ0n) is 14.6. The normalized spacial score (nSPS) is 30.3. The summed E-state index contributed by atoms with van der Waals surface area (Å²) in [6.07, 6.45) is 13.6. The fourth-order valence-corrected chi connectivity index (χ4v) is 2.86. The number of ether oxygens (including phenoxy) is 2. The second-order valence-corrected chi connectivity index (χ2v) is 5.91. The molecule has 4 atom stereocenters. The molecule has 1 saturated heterocycles. The van der Waals surface area contributed by atoms with Crippen molar-refractivity contribution >= 4 is 0 Å². The summed E-state index contributed by atoms with van der Waals surface area (Å²) in [4.78, 5) is 0. The first-order valence-electron chi connectivity index (χ1n) is 8.40. The molecule has 0 bridgehead atoms. The van der Waals surface area contributed by atoms with Crippen LogP contribution in [0, 0.1) is 63.7 Å². The molecular weight excluding hydrogens is 380 g/mol. The zero-order chi connectivity index (χ0) is 18.3. The molecule has 7 heteroatoms. The third kappa shape index (κ3) is 5.89. The van der Waals surface area contributed by atoms with Crippen molar-refractivity contribution in [3.8, 4) is 0 Å². The number of rotatable bonds is 6. The first-order chi connectivity index (χ1) is 12.1. The average Bonchev–Trinajstić information content (AvgIpc) is 3.41. The smallest absolute Gasteiger partial charge is 0.394 e. The Balaban J connectivity index is 0.000000486. The maximum atomic E-state index is 9.85. The Morgan fingerprint density at radius 1 is 0.846 bits per heavy atom. The van der Waals surface area contributed by atoms with Crippen LogP contribution in [-0.4, -0.2) is 63.8 Å². The molecule has 2 saturated carbocycles. The first kappa shape index (κ1) is 24.3. The van der Waals surface area contributed by atoms with Gasteiger partial charge in [-0.3, -0.25) is 0 Å². The minimum Gasteiger partial charge on any atom is -0.394 e. The van der Waals surface area contributed by atoms with Gasteiger partial charge in [0, 0.05) is 5.92 Å². The quantitative estimate of drug-likeness (QED) is 0.464. The zero-order valence-corrected chi connectivity index (χ0v) is 15.7. The van der Waals surface area contributed by atoms with E-state index < -0.39 is 43.4 Å². The van der Waals surface area contributed by atoms with Gasteiger partial charge in [0.25, 0.3) is 0 Å². The Morgan fingerprint density at radius 2 is 1.23 bits per heavy atom. The van der Waals surface area contributed by atoms with Gasteiger partial charge in [-0.1, -0.05) is 6.92 Å². The van der Waals surface area contributed by atoms with Crippen molar-refractivity contribution in [3.05, 3.63) is 63.7 Å². The van der Waals surface area contributed by atoms with Crippen molar-refractivity contribution in [2.75, 3.05) is 13.2 Å². The van der Waals surface area contributed by atoms with Crippen LogP contribution >= 0.6 is 0 Å². The molecule has 0 unspecified atom stereocenters. The summed E-state index contributed by atoms with van der Waals surface area (Å²) >= 11 is 0. The van der Waals surface area contributed by atoms with Gasteiger partial charge in [-0.25, -0.2) is 0 Å². The fraction of sp³-hybridized carbons (Fsp3) is 0.474. The van der Waals surface area contributed by atoms with Crippen molar-refractivity contribution in [3.63, 3.8) is 0 Å². The summed E-state index contributed by atoms with van der Waals surface area (Å²) in [7, 11) is 0. The van der Waals surface area contributed by atoms with Crippen LogP contribution in [0.25, 0.3) is 0 Å². The Kier molecular flexibility index (Phi) is 11.2. The van der Waals surface area contributed by atoms with Crippen molar-refractivity contribution in [1.29, 1.82) is 0 Å². The Bertz CT molecular complexity index is 347. The summed E-state index contributed by atoms with van der Waals surface area (Å²) in [5, 5.41) is 37.9. The molecule has 4 N–H and O–H groups in total. The summed E-state index contributed by atoms with van der Waals surface area (Å²) < 4.78 is 11.7. The molecule has 10 radical (unpaired) electrons. The molecule has 0 spiro atoms. The SMILES string of the molecule is CCC1([C]2[CH][CH][CH][CH]2)O[C@H]([C@H](O)CO)[C@@H]([C@H](O)CO)O1.[CH]1[CH][CH][CH][CH]1.[Fe+2]. The van der Waals surface area contributed by atoms with Crippen LogP contribution in [0.3, 0.4) is 0 Å². The molecule has 144 valence electrons. The predicted molar refractivity (Wildman–Crippen MR) is 90.9 cm³/mol. The van der Waals surface area contributed by atoms with Gasteiger partial charge in [0.05, 0.1) is 13.2 Å². The molecule has 6 nitrogen and oxygen atoms in total. The van der Waals surface area contributed by atoms with E-state index in [1.54, 1.807) is 0 Å². The molecule has 3 rings (SSSR count). The second kappa shape index (κ2) is 12.0. The van der Waals surface area contributed by atoms with Gasteiger partial charge in [-0.2, -0.15) is 0 Å². The van der Waals surface area contributed by atoms with E-state index in [-0.39, 0.29) is 17.1 Å². The van der Waals surface area contributed by atoms with E-state index in [4.69, 9.17) is 19.7 Å². The summed E-state index contributed by atoms with van der Waals surface area (Å²) in [6, 6.07) is 0. The molecule has 0 aromatic rings. The van der Waals surface area contributed by atoms with Gasteiger partial charge < -0.3 is 29.9 Å². The van der Waals surface area contributed by atoms with Crippen LogP contribution in [0.4, 0.5) is 0 Å². The Morgan fingerprint density at radius 3 is 1.54 bits per heavy atom. The van der Waals surface area contributed by atoms with Gasteiger partial charge in [0.15, 0.2) is 5.79 Å². The molecule has 3 fully saturated rings. The third-order valence-electron chi connectivity index (χ3n) is 4.23. The first-order valence-corrected chi connectivity index (χ1v) is 8.40. The van der Waals surface area contributed by atoms with Gasteiger partial charge in [-0.15, -0.1) is 0 Å². The van der Waals surface area contributed by atoms with E-state index >= 15 is 0 Å². The molecule has 3 aliphatic rings. The van der Waals surface area contributed by atoms with Gasteiger partial charge in [0.1, 0.15) is 24.4 Å². The largest absolute Gasteiger partial charge is 2.00 e. The van der Waals surface area contributed by atoms with E-state index in [0.717, 1.165) is 5.92 Å². The number of aliphatic hydroxyl groups excluding tert-OH is 4. The van der Waals surface area contributed by atoms with Gasteiger partial charge >= 0.3 is 17.1 Å². The number of hydrogen-bond acceptors (Lipinski definition) is 6. The number of aliphatic hydroxyl groups is 4. The topological polar surface area (TPSA) is 99.4 Å². The maximum absolute atomic E-state index is 9.85. The van der Waals surface area contributed by atoms with Crippen molar-refractivity contribution in [2.45, 2.75) is 43.5 Å². The molecule has 2 aliphatic carbocycles.